The van der Waals surface area contributed by atoms with Crippen LogP contribution in [0.1, 0.15) is 44.2 Å². The summed E-state index contributed by atoms with van der Waals surface area (Å²) < 4.78 is 0. The molecule has 186 valence electrons. The molecule has 0 fully saturated rings. The molecule has 0 aliphatic rings. The highest BCUT2D eigenvalue weighted by atomic mass is 16.2. The Kier molecular flexibility index (Phi) is 9.76. The number of amides is 4. The van der Waals surface area contributed by atoms with Crippen molar-refractivity contribution < 1.29 is 19.2 Å². The van der Waals surface area contributed by atoms with E-state index in [4.69, 9.17) is 0 Å². The number of anilines is 2. The summed E-state index contributed by atoms with van der Waals surface area (Å²) in [5.74, 6) is -1.51. The van der Waals surface area contributed by atoms with E-state index in [1.165, 1.54) is 0 Å². The van der Waals surface area contributed by atoms with Crippen molar-refractivity contribution >= 4 is 35.0 Å². The van der Waals surface area contributed by atoms with Crippen LogP contribution in [0.25, 0.3) is 0 Å². The van der Waals surface area contributed by atoms with Crippen molar-refractivity contribution in [3.8, 4) is 0 Å². The van der Waals surface area contributed by atoms with Gasteiger partial charge in [0.1, 0.15) is 0 Å². The lowest BCUT2D eigenvalue weighted by Gasteiger charge is -2.23. The molecule has 0 saturated heterocycles. The summed E-state index contributed by atoms with van der Waals surface area (Å²) in [5.41, 5.74) is 6.96. The highest BCUT2D eigenvalue weighted by molar-refractivity contribution is 6.01. The van der Waals surface area contributed by atoms with Gasteiger partial charge in [0.25, 0.3) is 0 Å². The van der Waals surface area contributed by atoms with Crippen molar-refractivity contribution in [1.82, 2.24) is 16.2 Å². The van der Waals surface area contributed by atoms with E-state index in [-0.39, 0.29) is 43.5 Å². The molecular formula is C28H30N4O4. The molecule has 0 aliphatic heterocycles. The third-order valence-corrected chi connectivity index (χ3v) is 5.44. The van der Waals surface area contributed by atoms with Gasteiger partial charge < -0.3 is 5.32 Å². The van der Waals surface area contributed by atoms with Crippen LogP contribution in [0.3, 0.4) is 0 Å². The van der Waals surface area contributed by atoms with E-state index in [1.807, 2.05) is 97.9 Å². The van der Waals surface area contributed by atoms with Gasteiger partial charge in [0.05, 0.1) is 6.04 Å². The molecule has 0 spiro atoms. The van der Waals surface area contributed by atoms with Gasteiger partial charge in [0.2, 0.25) is 23.6 Å². The predicted octanol–water partition coefficient (Wildman–Crippen LogP) is 3.94. The number of nitrogens with one attached hydrogen (secondary N) is 3. The number of carbonyl (C=O) groups is 4. The Bertz CT molecular complexity index is 1110. The molecule has 0 radical (unpaired) electrons. The molecule has 3 aromatic rings. The number of hydrogen-bond acceptors (Lipinski definition) is 4. The van der Waals surface area contributed by atoms with Gasteiger partial charge in [-0.25, -0.2) is 0 Å². The molecule has 4 amide bonds. The summed E-state index contributed by atoms with van der Waals surface area (Å²) in [4.78, 5) is 50.9. The van der Waals surface area contributed by atoms with Crippen LogP contribution in [-0.2, 0) is 19.2 Å². The molecule has 0 saturated carbocycles. The first kappa shape index (κ1) is 26.2. The van der Waals surface area contributed by atoms with Crippen molar-refractivity contribution in [2.24, 2.45) is 0 Å². The molecular weight excluding hydrogens is 456 g/mol. The highest BCUT2D eigenvalue weighted by Gasteiger charge is 2.19. The zero-order valence-corrected chi connectivity index (χ0v) is 20.1. The number of rotatable bonds is 10. The largest absolute Gasteiger partial charge is 0.350 e. The van der Waals surface area contributed by atoms with Crippen LogP contribution in [0.5, 0.6) is 0 Å². The van der Waals surface area contributed by atoms with E-state index >= 15 is 0 Å². The van der Waals surface area contributed by atoms with Crippen LogP contribution < -0.4 is 21.1 Å². The Morgan fingerprint density at radius 3 is 1.53 bits per heavy atom. The number of nitrogens with zero attached hydrogens (tertiary/aromatic N) is 1. The summed E-state index contributed by atoms with van der Waals surface area (Å²) in [5, 5.41) is 2.84. The zero-order valence-electron chi connectivity index (χ0n) is 20.1. The summed E-state index contributed by atoms with van der Waals surface area (Å²) in [6.45, 7) is 1.87. The van der Waals surface area contributed by atoms with Gasteiger partial charge in [-0.2, -0.15) is 0 Å². The minimum Gasteiger partial charge on any atom is -0.350 e. The molecule has 0 aromatic heterocycles. The second-order valence-corrected chi connectivity index (χ2v) is 8.20. The minimum atomic E-state index is -0.500. The maximum atomic E-state index is 13.0. The number of hydrogen-bond donors (Lipinski definition) is 3. The van der Waals surface area contributed by atoms with Crippen LogP contribution in [0.2, 0.25) is 0 Å². The summed E-state index contributed by atoms with van der Waals surface area (Å²) >= 11 is 0. The Hall–Kier alpha value is -4.46. The third kappa shape index (κ3) is 8.09. The molecule has 1 unspecified atom stereocenters. The Balaban J connectivity index is 1.41. The quantitative estimate of drug-likeness (QED) is 0.377. The number of hydrazine groups is 1. The molecule has 1 atom stereocenters. The van der Waals surface area contributed by atoms with Crippen LogP contribution in [0.15, 0.2) is 91.0 Å². The molecule has 0 aliphatic carbocycles. The minimum absolute atomic E-state index is 0.0134. The van der Waals surface area contributed by atoms with Crippen LogP contribution in [-0.4, -0.2) is 23.6 Å². The van der Waals surface area contributed by atoms with E-state index in [0.29, 0.717) is 11.4 Å². The van der Waals surface area contributed by atoms with Crippen molar-refractivity contribution in [2.75, 3.05) is 4.90 Å². The topological polar surface area (TPSA) is 108 Å². The predicted molar refractivity (Wildman–Crippen MR) is 138 cm³/mol. The normalized spacial score (nSPS) is 11.1. The van der Waals surface area contributed by atoms with Gasteiger partial charge in [-0.05, 0) is 36.8 Å². The molecule has 3 rings (SSSR count). The smallest absolute Gasteiger partial charge is 0.238 e. The molecule has 3 N–H and O–H groups in total. The van der Waals surface area contributed by atoms with E-state index in [9.17, 15) is 19.2 Å². The van der Waals surface area contributed by atoms with Gasteiger partial charge in [-0.1, -0.05) is 66.7 Å². The zero-order chi connectivity index (χ0) is 25.8. The second-order valence-electron chi connectivity index (χ2n) is 8.20. The van der Waals surface area contributed by atoms with Crippen molar-refractivity contribution in [2.45, 2.75) is 38.6 Å². The molecule has 36 heavy (non-hydrogen) atoms. The standard InChI is InChI=1S/C28H30N4O4/c1-21(22-11-5-2-6-12-22)29-25(33)17-18-26(34)30-31-27(35)19-20-28(36)32(23-13-7-3-8-14-23)24-15-9-4-10-16-24/h2-16,21H,17-20H2,1H3,(H,29,33)(H,30,34)(H,31,35). The Morgan fingerprint density at radius 1 is 0.611 bits per heavy atom. The SMILES string of the molecule is CC(NC(=O)CCC(=O)NNC(=O)CCC(=O)N(c1ccccc1)c1ccccc1)c1ccccc1. The first-order chi connectivity index (χ1) is 17.4. The lowest BCUT2D eigenvalue weighted by molar-refractivity contribution is -0.131. The molecule has 0 heterocycles. The van der Waals surface area contributed by atoms with Crippen molar-refractivity contribution in [1.29, 1.82) is 0 Å². The average molecular weight is 487 g/mol. The van der Waals surface area contributed by atoms with Gasteiger partial charge >= 0.3 is 0 Å². The van der Waals surface area contributed by atoms with Gasteiger partial charge in [0.15, 0.2) is 0 Å². The maximum Gasteiger partial charge on any atom is 0.238 e. The second kappa shape index (κ2) is 13.4. The fraction of sp³-hybridized carbons (Fsp3) is 0.214. The molecule has 0 bridgehead atoms. The maximum absolute atomic E-state index is 13.0. The number of para-hydroxylation sites is 2. The van der Waals surface area contributed by atoms with Gasteiger partial charge in [-0.15, -0.1) is 0 Å². The molecule has 8 nitrogen and oxygen atoms in total. The monoisotopic (exact) mass is 486 g/mol. The Morgan fingerprint density at radius 2 is 1.03 bits per heavy atom. The molecule has 8 heteroatoms. The van der Waals surface area contributed by atoms with Crippen LogP contribution in [0, 0.1) is 0 Å². The van der Waals surface area contributed by atoms with Crippen LogP contribution >= 0.6 is 0 Å². The summed E-state index contributed by atoms with van der Waals surface area (Å²) in [6, 6.07) is 27.7. The lowest BCUT2D eigenvalue weighted by atomic mass is 10.1. The first-order valence-electron chi connectivity index (χ1n) is 11.8. The van der Waals surface area contributed by atoms with Gasteiger partial charge in [0, 0.05) is 37.1 Å². The Labute approximate surface area is 210 Å². The summed E-state index contributed by atoms with van der Waals surface area (Å²) in [6.07, 6.45) is -0.252. The van der Waals surface area contributed by atoms with Gasteiger partial charge in [-0.3, -0.25) is 34.9 Å². The van der Waals surface area contributed by atoms with Crippen molar-refractivity contribution in [3.63, 3.8) is 0 Å². The van der Waals surface area contributed by atoms with Crippen molar-refractivity contribution in [3.05, 3.63) is 96.6 Å². The first-order valence-corrected chi connectivity index (χ1v) is 11.8. The van der Waals surface area contributed by atoms with E-state index in [2.05, 4.69) is 16.2 Å². The fourth-order valence-corrected chi connectivity index (χ4v) is 3.55. The van der Waals surface area contributed by atoms with E-state index in [1.54, 1.807) is 4.90 Å². The van der Waals surface area contributed by atoms with Crippen LogP contribution in [0.4, 0.5) is 11.4 Å². The van der Waals surface area contributed by atoms with E-state index in [0.717, 1.165) is 5.56 Å². The van der Waals surface area contributed by atoms with E-state index < -0.39 is 11.8 Å². The fourth-order valence-electron chi connectivity index (χ4n) is 3.55. The highest BCUT2D eigenvalue weighted by Crippen LogP contribution is 2.26. The molecule has 3 aromatic carbocycles. The third-order valence-electron chi connectivity index (χ3n) is 5.44. The number of carbonyl (C=O) groups excluding carboxylic acids is 4. The lowest BCUT2D eigenvalue weighted by Crippen LogP contribution is -2.42. The average Bonchev–Trinajstić information content (AvgIpc) is 2.91. The summed E-state index contributed by atoms with van der Waals surface area (Å²) in [7, 11) is 0. The number of benzene rings is 3.